The Morgan fingerprint density at radius 3 is 2.68 bits per heavy atom. The summed E-state index contributed by atoms with van der Waals surface area (Å²) in [5.41, 5.74) is 1.39. The summed E-state index contributed by atoms with van der Waals surface area (Å²) in [5.74, 6) is 2.68. The quantitative estimate of drug-likeness (QED) is 0.801. The van der Waals surface area contributed by atoms with Gasteiger partial charge < -0.3 is 10.1 Å². The van der Waals surface area contributed by atoms with Crippen LogP contribution in [0.4, 0.5) is 0 Å². The fraction of sp³-hybridized carbons (Fsp3) is 0.647. The van der Waals surface area contributed by atoms with Crippen LogP contribution in [0.25, 0.3) is 0 Å². The second kappa shape index (κ2) is 5.54. The molecule has 1 aromatic rings. The van der Waals surface area contributed by atoms with Gasteiger partial charge in [0.1, 0.15) is 5.75 Å². The van der Waals surface area contributed by atoms with Crippen LogP contribution in [0.5, 0.6) is 5.75 Å². The van der Waals surface area contributed by atoms with Gasteiger partial charge in [0.05, 0.1) is 6.10 Å². The topological polar surface area (TPSA) is 21.3 Å². The third-order valence-electron chi connectivity index (χ3n) is 4.36. The fourth-order valence-electron chi connectivity index (χ4n) is 2.88. The summed E-state index contributed by atoms with van der Waals surface area (Å²) in [6, 6.07) is 9.18. The molecule has 2 nitrogen and oxygen atoms in total. The highest BCUT2D eigenvalue weighted by atomic mass is 16.5. The predicted octanol–water partition coefficient (Wildman–Crippen LogP) is 3.92. The number of hydrogen-bond donors (Lipinski definition) is 1. The first-order valence-electron chi connectivity index (χ1n) is 7.78. The minimum absolute atomic E-state index is 0.472. The van der Waals surface area contributed by atoms with E-state index in [9.17, 15) is 0 Å². The van der Waals surface area contributed by atoms with Gasteiger partial charge in [-0.25, -0.2) is 0 Å². The molecule has 1 N–H and O–H groups in total. The first kappa shape index (κ1) is 13.0. The number of hydrogen-bond acceptors (Lipinski definition) is 2. The fourth-order valence-corrected chi connectivity index (χ4v) is 2.88. The highest BCUT2D eigenvalue weighted by molar-refractivity contribution is 5.31. The van der Waals surface area contributed by atoms with Gasteiger partial charge in [0.15, 0.2) is 0 Å². The Morgan fingerprint density at radius 2 is 2.05 bits per heavy atom. The summed E-state index contributed by atoms with van der Waals surface area (Å²) in [5, 5.41) is 3.66. The number of ether oxygens (including phenoxy) is 1. The molecule has 0 radical (unpaired) electrons. The molecular formula is C17H25NO. The molecule has 19 heavy (non-hydrogen) atoms. The molecule has 2 heteroatoms. The van der Waals surface area contributed by atoms with Crippen molar-refractivity contribution in [3.8, 4) is 5.75 Å². The van der Waals surface area contributed by atoms with Crippen LogP contribution in [0.3, 0.4) is 0 Å². The maximum Gasteiger partial charge on any atom is 0.120 e. The third kappa shape index (κ3) is 3.30. The van der Waals surface area contributed by atoms with Crippen molar-refractivity contribution in [2.45, 2.75) is 51.7 Å². The lowest BCUT2D eigenvalue weighted by Gasteiger charge is -2.25. The molecule has 2 unspecified atom stereocenters. The SMILES string of the molecule is CCNC(c1cccc(OC2CC2)c1)C(C)C1CC1. The summed E-state index contributed by atoms with van der Waals surface area (Å²) >= 11 is 0. The van der Waals surface area contributed by atoms with Gasteiger partial charge >= 0.3 is 0 Å². The molecule has 0 bridgehead atoms. The van der Waals surface area contributed by atoms with Crippen LogP contribution in [-0.2, 0) is 0 Å². The van der Waals surface area contributed by atoms with Crippen molar-refractivity contribution in [2.24, 2.45) is 11.8 Å². The van der Waals surface area contributed by atoms with Gasteiger partial charge in [0.25, 0.3) is 0 Å². The van der Waals surface area contributed by atoms with Crippen LogP contribution in [0.1, 0.15) is 51.1 Å². The molecule has 2 saturated carbocycles. The number of nitrogens with one attached hydrogen (secondary N) is 1. The molecule has 0 spiro atoms. The Hall–Kier alpha value is -1.02. The van der Waals surface area contributed by atoms with Gasteiger partial charge in [-0.1, -0.05) is 26.0 Å². The van der Waals surface area contributed by atoms with Gasteiger partial charge in [0, 0.05) is 6.04 Å². The third-order valence-corrected chi connectivity index (χ3v) is 4.36. The van der Waals surface area contributed by atoms with Gasteiger partial charge in [0.2, 0.25) is 0 Å². The lowest BCUT2D eigenvalue weighted by molar-refractivity contribution is 0.301. The first-order chi connectivity index (χ1) is 9.28. The van der Waals surface area contributed by atoms with Crippen LogP contribution in [0.2, 0.25) is 0 Å². The summed E-state index contributed by atoms with van der Waals surface area (Å²) in [6.45, 7) is 5.60. The second-order valence-electron chi connectivity index (χ2n) is 6.12. The van der Waals surface area contributed by atoms with Gasteiger partial charge in [-0.2, -0.15) is 0 Å². The minimum Gasteiger partial charge on any atom is -0.490 e. The highest BCUT2D eigenvalue weighted by Gasteiger charge is 2.33. The Bertz CT molecular complexity index is 423. The summed E-state index contributed by atoms with van der Waals surface area (Å²) in [4.78, 5) is 0. The van der Waals surface area contributed by atoms with Crippen molar-refractivity contribution in [3.05, 3.63) is 29.8 Å². The average molecular weight is 259 g/mol. The van der Waals surface area contributed by atoms with Crippen LogP contribution in [0, 0.1) is 11.8 Å². The van der Waals surface area contributed by atoms with E-state index in [0.29, 0.717) is 12.1 Å². The van der Waals surface area contributed by atoms with E-state index >= 15 is 0 Å². The maximum absolute atomic E-state index is 5.92. The van der Waals surface area contributed by atoms with Gasteiger partial charge in [-0.05, 0) is 61.8 Å². The molecule has 3 rings (SSSR count). The van der Waals surface area contributed by atoms with Crippen molar-refractivity contribution >= 4 is 0 Å². The maximum atomic E-state index is 5.92. The van der Waals surface area contributed by atoms with E-state index in [2.05, 4.69) is 43.4 Å². The molecule has 2 aliphatic rings. The molecule has 1 aromatic carbocycles. The van der Waals surface area contributed by atoms with E-state index < -0.39 is 0 Å². The normalized spacial score (nSPS) is 22.0. The number of benzene rings is 1. The van der Waals surface area contributed by atoms with Crippen LogP contribution < -0.4 is 10.1 Å². The largest absolute Gasteiger partial charge is 0.490 e. The molecule has 0 aromatic heterocycles. The van der Waals surface area contributed by atoms with E-state index in [4.69, 9.17) is 4.74 Å². The summed E-state index contributed by atoms with van der Waals surface area (Å²) < 4.78 is 5.92. The lowest BCUT2D eigenvalue weighted by atomic mass is 9.90. The Labute approximate surface area is 116 Å². The molecule has 2 fully saturated rings. The smallest absolute Gasteiger partial charge is 0.120 e. The molecule has 0 saturated heterocycles. The standard InChI is InChI=1S/C17H25NO/c1-3-18-17(12(2)13-7-8-13)14-5-4-6-16(11-14)19-15-9-10-15/h4-6,11-13,15,17-18H,3,7-10H2,1-2H3. The summed E-state index contributed by atoms with van der Waals surface area (Å²) in [7, 11) is 0. The van der Waals surface area contributed by atoms with E-state index in [0.717, 1.165) is 24.1 Å². The molecule has 0 aliphatic heterocycles. The highest BCUT2D eigenvalue weighted by Crippen LogP contribution is 2.43. The lowest BCUT2D eigenvalue weighted by Crippen LogP contribution is -2.27. The molecule has 2 atom stereocenters. The van der Waals surface area contributed by atoms with Gasteiger partial charge in [-0.3, -0.25) is 0 Å². The summed E-state index contributed by atoms with van der Waals surface area (Å²) in [6.07, 6.45) is 5.73. The Morgan fingerprint density at radius 1 is 1.26 bits per heavy atom. The zero-order valence-corrected chi connectivity index (χ0v) is 12.1. The number of rotatable bonds is 7. The molecule has 2 aliphatic carbocycles. The molecule has 104 valence electrons. The predicted molar refractivity (Wildman–Crippen MR) is 78.4 cm³/mol. The van der Waals surface area contributed by atoms with Gasteiger partial charge in [-0.15, -0.1) is 0 Å². The van der Waals surface area contributed by atoms with Crippen molar-refractivity contribution in [3.63, 3.8) is 0 Å². The van der Waals surface area contributed by atoms with Crippen LogP contribution in [0.15, 0.2) is 24.3 Å². The monoisotopic (exact) mass is 259 g/mol. The molecule has 0 heterocycles. The molecular weight excluding hydrogens is 234 g/mol. The Balaban J connectivity index is 1.75. The van der Waals surface area contributed by atoms with Crippen LogP contribution in [-0.4, -0.2) is 12.6 Å². The van der Waals surface area contributed by atoms with Crippen molar-refractivity contribution in [1.82, 2.24) is 5.32 Å². The minimum atomic E-state index is 0.472. The Kier molecular flexibility index (Phi) is 3.79. The van der Waals surface area contributed by atoms with E-state index in [1.165, 1.54) is 31.2 Å². The van der Waals surface area contributed by atoms with E-state index in [1.807, 2.05) is 0 Å². The zero-order valence-electron chi connectivity index (χ0n) is 12.1. The van der Waals surface area contributed by atoms with Crippen molar-refractivity contribution < 1.29 is 4.74 Å². The first-order valence-corrected chi connectivity index (χ1v) is 7.78. The zero-order chi connectivity index (χ0) is 13.2. The van der Waals surface area contributed by atoms with E-state index in [-0.39, 0.29) is 0 Å². The average Bonchev–Trinajstić information content (AvgIpc) is 3.27. The van der Waals surface area contributed by atoms with E-state index in [1.54, 1.807) is 0 Å². The second-order valence-corrected chi connectivity index (χ2v) is 6.12. The van der Waals surface area contributed by atoms with Crippen molar-refractivity contribution in [1.29, 1.82) is 0 Å². The molecule has 0 amide bonds. The van der Waals surface area contributed by atoms with Crippen molar-refractivity contribution in [2.75, 3.05) is 6.54 Å². The van der Waals surface area contributed by atoms with Crippen LogP contribution >= 0.6 is 0 Å².